The Hall–Kier alpha value is -2.16. The molecule has 0 heterocycles. The molecule has 0 saturated heterocycles. The predicted octanol–water partition coefficient (Wildman–Crippen LogP) is 3.01. The summed E-state index contributed by atoms with van der Waals surface area (Å²) in [5, 5.41) is 29.8. The molecule has 2 aromatic rings. The Morgan fingerprint density at radius 3 is 1.94 bits per heavy atom. The van der Waals surface area contributed by atoms with E-state index in [2.05, 4.69) is 0 Å². The Bertz CT molecular complexity index is 545. The molecule has 3 nitrogen and oxygen atoms in total. The quantitative estimate of drug-likeness (QED) is 0.562. The minimum atomic E-state index is -0.237. The SMILES string of the molecule is Cc1c(C)c(O)c(Cc2ccccc2)c(O)c1O. The van der Waals surface area contributed by atoms with Gasteiger partial charge in [-0.1, -0.05) is 30.3 Å². The molecule has 0 bridgehead atoms. The van der Waals surface area contributed by atoms with Gasteiger partial charge in [0.15, 0.2) is 11.5 Å². The topological polar surface area (TPSA) is 60.7 Å². The summed E-state index contributed by atoms with van der Waals surface area (Å²) in [7, 11) is 0. The van der Waals surface area contributed by atoms with Crippen LogP contribution in [0, 0.1) is 13.8 Å². The molecule has 0 aromatic heterocycles. The van der Waals surface area contributed by atoms with Crippen molar-refractivity contribution in [3.8, 4) is 17.2 Å². The zero-order chi connectivity index (χ0) is 13.3. The van der Waals surface area contributed by atoms with E-state index in [4.69, 9.17) is 0 Å². The molecule has 0 atom stereocenters. The summed E-state index contributed by atoms with van der Waals surface area (Å²) in [5.74, 6) is -0.345. The van der Waals surface area contributed by atoms with Crippen molar-refractivity contribution in [3.63, 3.8) is 0 Å². The first-order valence-electron chi connectivity index (χ1n) is 5.79. The number of hydrogen-bond acceptors (Lipinski definition) is 3. The zero-order valence-corrected chi connectivity index (χ0v) is 10.4. The van der Waals surface area contributed by atoms with Gasteiger partial charge < -0.3 is 15.3 Å². The highest BCUT2D eigenvalue weighted by atomic mass is 16.3. The van der Waals surface area contributed by atoms with Crippen molar-refractivity contribution in [2.45, 2.75) is 20.3 Å². The standard InChI is InChI=1S/C15H16O3/c1-9-10(2)14(17)15(18)12(13(9)16)8-11-6-4-3-5-7-11/h3-7,16-18H,8H2,1-2H3. The van der Waals surface area contributed by atoms with Crippen LogP contribution in [0.15, 0.2) is 30.3 Å². The zero-order valence-electron chi connectivity index (χ0n) is 10.4. The van der Waals surface area contributed by atoms with E-state index in [-0.39, 0.29) is 17.2 Å². The van der Waals surface area contributed by atoms with Gasteiger partial charge in [-0.25, -0.2) is 0 Å². The highest BCUT2D eigenvalue weighted by Crippen LogP contribution is 2.42. The largest absolute Gasteiger partial charge is 0.507 e. The Labute approximate surface area is 106 Å². The van der Waals surface area contributed by atoms with Gasteiger partial charge in [0, 0.05) is 17.5 Å². The van der Waals surface area contributed by atoms with E-state index in [9.17, 15) is 15.3 Å². The molecular formula is C15H16O3. The van der Waals surface area contributed by atoms with Gasteiger partial charge in [0.25, 0.3) is 0 Å². The first-order chi connectivity index (χ1) is 8.52. The fraction of sp³-hybridized carbons (Fsp3) is 0.200. The van der Waals surface area contributed by atoms with Crippen LogP contribution in [0.5, 0.6) is 17.2 Å². The predicted molar refractivity (Wildman–Crippen MR) is 70.2 cm³/mol. The normalized spacial score (nSPS) is 10.6. The lowest BCUT2D eigenvalue weighted by Gasteiger charge is -2.14. The first kappa shape index (κ1) is 12.3. The van der Waals surface area contributed by atoms with Gasteiger partial charge in [-0.3, -0.25) is 0 Å². The van der Waals surface area contributed by atoms with Crippen LogP contribution >= 0.6 is 0 Å². The second-order valence-electron chi connectivity index (χ2n) is 4.44. The molecule has 0 fully saturated rings. The van der Waals surface area contributed by atoms with Gasteiger partial charge in [0.05, 0.1) is 0 Å². The second kappa shape index (κ2) is 4.61. The van der Waals surface area contributed by atoms with Crippen LogP contribution in [0.2, 0.25) is 0 Å². The highest BCUT2D eigenvalue weighted by molar-refractivity contribution is 5.61. The number of phenols is 3. The molecule has 0 radical (unpaired) electrons. The third-order valence-electron chi connectivity index (χ3n) is 3.29. The third kappa shape index (κ3) is 1.99. The van der Waals surface area contributed by atoms with Gasteiger partial charge in [-0.15, -0.1) is 0 Å². The van der Waals surface area contributed by atoms with E-state index >= 15 is 0 Å². The lowest BCUT2D eigenvalue weighted by Crippen LogP contribution is -1.94. The second-order valence-corrected chi connectivity index (χ2v) is 4.44. The van der Waals surface area contributed by atoms with Gasteiger partial charge in [0.2, 0.25) is 0 Å². The van der Waals surface area contributed by atoms with Gasteiger partial charge in [-0.2, -0.15) is 0 Å². The summed E-state index contributed by atoms with van der Waals surface area (Å²) in [6.45, 7) is 3.38. The van der Waals surface area contributed by atoms with E-state index < -0.39 is 0 Å². The number of phenolic OH excluding ortho intramolecular Hbond substituents is 3. The van der Waals surface area contributed by atoms with Crippen molar-refractivity contribution in [2.24, 2.45) is 0 Å². The van der Waals surface area contributed by atoms with Crippen LogP contribution in [0.1, 0.15) is 22.3 Å². The molecule has 0 saturated carbocycles. The average molecular weight is 244 g/mol. The molecule has 0 aliphatic carbocycles. The van der Waals surface area contributed by atoms with Gasteiger partial charge in [-0.05, 0) is 25.0 Å². The van der Waals surface area contributed by atoms with Crippen LogP contribution in [-0.2, 0) is 6.42 Å². The summed E-state index contributed by atoms with van der Waals surface area (Å²) >= 11 is 0. The van der Waals surface area contributed by atoms with Gasteiger partial charge >= 0.3 is 0 Å². The molecule has 0 aliphatic heterocycles. The molecule has 0 aliphatic rings. The highest BCUT2D eigenvalue weighted by Gasteiger charge is 2.18. The number of aromatic hydroxyl groups is 3. The van der Waals surface area contributed by atoms with Crippen LogP contribution in [-0.4, -0.2) is 15.3 Å². The maximum atomic E-state index is 10.1. The van der Waals surface area contributed by atoms with Crippen LogP contribution in [0.3, 0.4) is 0 Å². The number of benzene rings is 2. The van der Waals surface area contributed by atoms with Crippen LogP contribution in [0.4, 0.5) is 0 Å². The molecule has 3 N–H and O–H groups in total. The monoisotopic (exact) mass is 244 g/mol. The number of rotatable bonds is 2. The molecule has 0 spiro atoms. The van der Waals surface area contributed by atoms with E-state index in [1.165, 1.54) is 0 Å². The smallest absolute Gasteiger partial charge is 0.165 e. The summed E-state index contributed by atoms with van der Waals surface area (Å²) in [5.41, 5.74) is 2.42. The Morgan fingerprint density at radius 1 is 0.778 bits per heavy atom. The molecular weight excluding hydrogens is 228 g/mol. The molecule has 0 unspecified atom stereocenters. The van der Waals surface area contributed by atoms with E-state index in [1.807, 2.05) is 30.3 Å². The maximum Gasteiger partial charge on any atom is 0.165 e. The molecule has 0 amide bonds. The van der Waals surface area contributed by atoms with Crippen LogP contribution < -0.4 is 0 Å². The Kier molecular flexibility index (Phi) is 3.15. The van der Waals surface area contributed by atoms with Gasteiger partial charge in [0.1, 0.15) is 5.75 Å². The van der Waals surface area contributed by atoms with Crippen molar-refractivity contribution in [1.82, 2.24) is 0 Å². The van der Waals surface area contributed by atoms with E-state index in [0.717, 1.165) is 5.56 Å². The Balaban J connectivity index is 2.52. The summed E-state index contributed by atoms with van der Waals surface area (Å²) in [4.78, 5) is 0. The molecule has 18 heavy (non-hydrogen) atoms. The fourth-order valence-electron chi connectivity index (χ4n) is 1.98. The Morgan fingerprint density at radius 2 is 1.33 bits per heavy atom. The fourth-order valence-corrected chi connectivity index (χ4v) is 1.98. The first-order valence-corrected chi connectivity index (χ1v) is 5.79. The van der Waals surface area contributed by atoms with Crippen molar-refractivity contribution < 1.29 is 15.3 Å². The summed E-state index contributed by atoms with van der Waals surface area (Å²) in [6.07, 6.45) is 0.382. The lowest BCUT2D eigenvalue weighted by molar-refractivity contribution is 0.386. The van der Waals surface area contributed by atoms with Crippen LogP contribution in [0.25, 0.3) is 0 Å². The van der Waals surface area contributed by atoms with Crippen molar-refractivity contribution in [3.05, 3.63) is 52.6 Å². The van der Waals surface area contributed by atoms with Crippen molar-refractivity contribution in [2.75, 3.05) is 0 Å². The summed E-state index contributed by atoms with van der Waals surface area (Å²) < 4.78 is 0. The van der Waals surface area contributed by atoms with Crippen molar-refractivity contribution >= 4 is 0 Å². The molecule has 3 heteroatoms. The molecule has 2 rings (SSSR count). The van der Waals surface area contributed by atoms with Crippen molar-refractivity contribution in [1.29, 1.82) is 0 Å². The summed E-state index contributed by atoms with van der Waals surface area (Å²) in [6, 6.07) is 9.51. The third-order valence-corrected chi connectivity index (χ3v) is 3.29. The number of hydrogen-bond donors (Lipinski definition) is 3. The minimum absolute atomic E-state index is 0.0478. The van der Waals surface area contributed by atoms with E-state index in [1.54, 1.807) is 13.8 Å². The minimum Gasteiger partial charge on any atom is -0.507 e. The maximum absolute atomic E-state index is 10.1. The average Bonchev–Trinajstić information content (AvgIpc) is 2.40. The molecule has 94 valence electrons. The van der Waals surface area contributed by atoms with E-state index in [0.29, 0.717) is 23.1 Å². The lowest BCUT2D eigenvalue weighted by atomic mass is 9.97. The molecule has 2 aromatic carbocycles.